The molecule has 0 amide bonds. The van der Waals surface area contributed by atoms with Crippen molar-refractivity contribution < 1.29 is 5.11 Å². The van der Waals surface area contributed by atoms with Crippen LogP contribution in [0, 0.1) is 0 Å². The Kier molecular flexibility index (Phi) is 4.74. The van der Waals surface area contributed by atoms with Crippen molar-refractivity contribution in [3.05, 3.63) is 65.2 Å². The molecule has 0 saturated carbocycles. The van der Waals surface area contributed by atoms with Gasteiger partial charge in [-0.25, -0.2) is 0 Å². The van der Waals surface area contributed by atoms with Gasteiger partial charge < -0.3 is 20.6 Å². The normalized spacial score (nSPS) is 23.8. The number of benzene rings is 2. The first-order valence-electron chi connectivity index (χ1n) is 9.60. The van der Waals surface area contributed by atoms with Crippen LogP contribution >= 0.6 is 0 Å². The third-order valence-electron chi connectivity index (χ3n) is 6.16. The molecule has 0 radical (unpaired) electrons. The minimum absolute atomic E-state index is 0.00712. The van der Waals surface area contributed by atoms with Crippen molar-refractivity contribution in [3.63, 3.8) is 0 Å². The molecule has 1 fully saturated rings. The summed E-state index contributed by atoms with van der Waals surface area (Å²) in [6.07, 6.45) is 1.62. The highest BCUT2D eigenvalue weighted by Crippen LogP contribution is 2.50. The molecule has 0 aromatic heterocycles. The maximum Gasteiger partial charge on any atom is 0.0832 e. The highest BCUT2D eigenvalue weighted by Gasteiger charge is 2.51. The van der Waals surface area contributed by atoms with Crippen molar-refractivity contribution in [1.29, 1.82) is 0 Å². The van der Waals surface area contributed by atoms with Crippen molar-refractivity contribution in [2.45, 2.75) is 36.9 Å². The minimum atomic E-state index is -0.376. The topological polar surface area (TPSA) is 47.5 Å². The molecule has 4 nitrogen and oxygen atoms in total. The molecule has 2 aromatic carbocycles. The molecule has 26 heavy (non-hydrogen) atoms. The second-order valence-electron chi connectivity index (χ2n) is 7.86. The van der Waals surface area contributed by atoms with Gasteiger partial charge in [0.25, 0.3) is 0 Å². The quantitative estimate of drug-likeness (QED) is 0.792. The van der Waals surface area contributed by atoms with Crippen molar-refractivity contribution >= 4 is 5.69 Å². The number of piperidine rings is 1. The van der Waals surface area contributed by atoms with E-state index in [1.54, 1.807) is 0 Å². The summed E-state index contributed by atoms with van der Waals surface area (Å²) in [5.41, 5.74) is 4.95. The molecule has 2 aromatic rings. The zero-order chi connectivity index (χ0) is 18.1. The second-order valence-corrected chi connectivity index (χ2v) is 7.86. The van der Waals surface area contributed by atoms with E-state index < -0.39 is 0 Å². The SMILES string of the molecule is CN(C)c1cccc(CN[C@@H]2c3ccccc3C3(CCNCC3)[C@H]2O)c1. The van der Waals surface area contributed by atoms with E-state index in [2.05, 4.69) is 78.2 Å². The van der Waals surface area contributed by atoms with Crippen LogP contribution in [0.2, 0.25) is 0 Å². The highest BCUT2D eigenvalue weighted by atomic mass is 16.3. The summed E-state index contributed by atoms with van der Waals surface area (Å²) in [6, 6.07) is 17.2. The summed E-state index contributed by atoms with van der Waals surface area (Å²) >= 11 is 0. The Labute approximate surface area is 156 Å². The summed E-state index contributed by atoms with van der Waals surface area (Å²) in [6.45, 7) is 2.71. The zero-order valence-corrected chi connectivity index (χ0v) is 15.7. The molecule has 0 unspecified atom stereocenters. The molecule has 3 N–H and O–H groups in total. The lowest BCUT2D eigenvalue weighted by Gasteiger charge is -2.39. The zero-order valence-electron chi connectivity index (χ0n) is 15.7. The van der Waals surface area contributed by atoms with Crippen molar-refractivity contribution in [3.8, 4) is 0 Å². The van der Waals surface area contributed by atoms with Crippen LogP contribution in [-0.2, 0) is 12.0 Å². The number of hydrogen-bond donors (Lipinski definition) is 3. The van der Waals surface area contributed by atoms with Crippen LogP contribution in [0.25, 0.3) is 0 Å². The Bertz CT molecular complexity index is 767. The lowest BCUT2D eigenvalue weighted by molar-refractivity contribution is 0.0439. The molecule has 2 atom stereocenters. The van der Waals surface area contributed by atoms with Crippen LogP contribution in [0.1, 0.15) is 35.6 Å². The molecule has 1 aliphatic heterocycles. The fourth-order valence-electron chi connectivity index (χ4n) is 4.70. The van der Waals surface area contributed by atoms with E-state index in [4.69, 9.17) is 0 Å². The van der Waals surface area contributed by atoms with E-state index in [0.29, 0.717) is 0 Å². The van der Waals surface area contributed by atoms with E-state index in [0.717, 1.165) is 32.5 Å². The molecule has 1 heterocycles. The Balaban J connectivity index is 1.58. The number of rotatable bonds is 4. The minimum Gasteiger partial charge on any atom is -0.390 e. The summed E-state index contributed by atoms with van der Waals surface area (Å²) in [5.74, 6) is 0. The standard InChI is InChI=1S/C22H29N3O/c1-25(2)17-7-5-6-16(14-17)15-24-20-18-8-3-4-9-19(18)22(21(20)26)10-12-23-13-11-22/h3-9,14,20-21,23-24,26H,10-13,15H2,1-2H3/t20-,21+/m1/s1. The van der Waals surface area contributed by atoms with Crippen molar-refractivity contribution in [2.75, 3.05) is 32.1 Å². The first-order valence-corrected chi connectivity index (χ1v) is 9.60. The van der Waals surface area contributed by atoms with Gasteiger partial charge in [0, 0.05) is 31.7 Å². The number of aliphatic hydroxyl groups excluding tert-OH is 1. The summed E-state index contributed by atoms with van der Waals surface area (Å²) in [4.78, 5) is 2.12. The number of anilines is 1. The monoisotopic (exact) mass is 351 g/mol. The Morgan fingerprint density at radius 2 is 1.88 bits per heavy atom. The average molecular weight is 351 g/mol. The average Bonchev–Trinajstić information content (AvgIpc) is 2.89. The Morgan fingerprint density at radius 1 is 1.12 bits per heavy atom. The van der Waals surface area contributed by atoms with Gasteiger partial charge in [-0.3, -0.25) is 0 Å². The van der Waals surface area contributed by atoms with Gasteiger partial charge >= 0.3 is 0 Å². The van der Waals surface area contributed by atoms with E-state index in [-0.39, 0.29) is 17.6 Å². The smallest absolute Gasteiger partial charge is 0.0832 e. The molecule has 1 aliphatic carbocycles. The van der Waals surface area contributed by atoms with E-state index >= 15 is 0 Å². The number of nitrogens with zero attached hydrogens (tertiary/aromatic N) is 1. The van der Waals surface area contributed by atoms with E-state index in [1.165, 1.54) is 22.4 Å². The van der Waals surface area contributed by atoms with E-state index in [9.17, 15) is 5.11 Å². The fourth-order valence-corrected chi connectivity index (χ4v) is 4.70. The van der Waals surface area contributed by atoms with Gasteiger partial charge in [0.05, 0.1) is 12.1 Å². The first-order chi connectivity index (χ1) is 12.6. The number of hydrogen-bond acceptors (Lipinski definition) is 4. The molecule has 1 spiro atoms. The van der Waals surface area contributed by atoms with Crippen molar-refractivity contribution in [1.82, 2.24) is 10.6 Å². The fraction of sp³-hybridized carbons (Fsp3) is 0.455. The third kappa shape index (κ3) is 2.92. The van der Waals surface area contributed by atoms with Gasteiger partial charge in [0.15, 0.2) is 0 Å². The second kappa shape index (κ2) is 7.03. The Morgan fingerprint density at radius 3 is 2.65 bits per heavy atom. The predicted molar refractivity (Wildman–Crippen MR) is 107 cm³/mol. The highest BCUT2D eigenvalue weighted by molar-refractivity contribution is 5.48. The lowest BCUT2D eigenvalue weighted by atomic mass is 9.72. The van der Waals surface area contributed by atoms with E-state index in [1.807, 2.05) is 0 Å². The van der Waals surface area contributed by atoms with Crippen LogP contribution in [0.5, 0.6) is 0 Å². The van der Waals surface area contributed by atoms with Crippen LogP contribution in [0.3, 0.4) is 0 Å². The van der Waals surface area contributed by atoms with Crippen molar-refractivity contribution in [2.24, 2.45) is 0 Å². The number of aliphatic hydroxyl groups is 1. The Hall–Kier alpha value is -1.88. The lowest BCUT2D eigenvalue weighted by Crippen LogP contribution is -2.47. The molecule has 138 valence electrons. The molecule has 2 aliphatic rings. The predicted octanol–water partition coefficient (Wildman–Crippen LogP) is 2.58. The number of fused-ring (bicyclic) bond motifs is 2. The van der Waals surface area contributed by atoms with Crippen LogP contribution in [0.15, 0.2) is 48.5 Å². The van der Waals surface area contributed by atoms with Gasteiger partial charge in [-0.2, -0.15) is 0 Å². The van der Waals surface area contributed by atoms with Crippen LogP contribution < -0.4 is 15.5 Å². The molecule has 4 heteroatoms. The molecule has 4 rings (SSSR count). The van der Waals surface area contributed by atoms with Crippen LogP contribution in [0.4, 0.5) is 5.69 Å². The maximum atomic E-state index is 11.3. The summed E-state index contributed by atoms with van der Waals surface area (Å²) in [7, 11) is 4.12. The first kappa shape index (κ1) is 17.5. The van der Waals surface area contributed by atoms with Gasteiger partial charge in [0.1, 0.15) is 0 Å². The van der Waals surface area contributed by atoms with Gasteiger partial charge in [-0.05, 0) is 54.8 Å². The molecule has 0 bridgehead atoms. The van der Waals surface area contributed by atoms with Crippen LogP contribution in [-0.4, -0.2) is 38.4 Å². The third-order valence-corrected chi connectivity index (χ3v) is 6.16. The summed E-state index contributed by atoms with van der Waals surface area (Å²) in [5, 5.41) is 18.4. The van der Waals surface area contributed by atoms with Gasteiger partial charge in [0.2, 0.25) is 0 Å². The number of nitrogens with one attached hydrogen (secondary N) is 2. The maximum absolute atomic E-state index is 11.3. The van der Waals surface area contributed by atoms with Gasteiger partial charge in [-0.1, -0.05) is 36.4 Å². The molecular formula is C22H29N3O. The van der Waals surface area contributed by atoms with Gasteiger partial charge in [-0.15, -0.1) is 0 Å². The molecule has 1 saturated heterocycles. The molecular weight excluding hydrogens is 322 g/mol. The largest absolute Gasteiger partial charge is 0.390 e. The summed E-state index contributed by atoms with van der Waals surface area (Å²) < 4.78 is 0.